The van der Waals surface area contributed by atoms with Gasteiger partial charge in [0, 0.05) is 31.8 Å². The highest BCUT2D eigenvalue weighted by molar-refractivity contribution is 5.22. The highest BCUT2D eigenvalue weighted by Gasteiger charge is 2.33. The zero-order valence-electron chi connectivity index (χ0n) is 12.2. The third kappa shape index (κ3) is 3.56. The van der Waals surface area contributed by atoms with Crippen LogP contribution in [0.15, 0.2) is 24.3 Å². The Labute approximate surface area is 116 Å². The Balaban J connectivity index is 2.09. The fourth-order valence-electron chi connectivity index (χ4n) is 2.99. The molecule has 1 fully saturated rings. The first-order valence-electron chi connectivity index (χ1n) is 7.21. The SMILES string of the molecule is Cc1cccc(CN(C)C2(CN)CCCOCC2)c1. The van der Waals surface area contributed by atoms with Crippen molar-refractivity contribution in [3.05, 3.63) is 35.4 Å². The maximum Gasteiger partial charge on any atom is 0.0484 e. The molecule has 0 radical (unpaired) electrons. The largest absolute Gasteiger partial charge is 0.381 e. The summed E-state index contributed by atoms with van der Waals surface area (Å²) >= 11 is 0. The molecule has 1 aromatic rings. The zero-order chi connectivity index (χ0) is 13.7. The molecule has 1 aliphatic heterocycles. The number of benzene rings is 1. The number of hydrogen-bond acceptors (Lipinski definition) is 3. The molecule has 1 aromatic carbocycles. The maximum atomic E-state index is 6.09. The molecule has 19 heavy (non-hydrogen) atoms. The van der Waals surface area contributed by atoms with Gasteiger partial charge in [-0.25, -0.2) is 0 Å². The van der Waals surface area contributed by atoms with Gasteiger partial charge in [-0.05, 0) is 38.8 Å². The molecule has 2 N–H and O–H groups in total. The van der Waals surface area contributed by atoms with Crippen LogP contribution in [0.4, 0.5) is 0 Å². The number of nitrogens with zero attached hydrogens (tertiary/aromatic N) is 1. The Hall–Kier alpha value is -0.900. The fraction of sp³-hybridized carbons (Fsp3) is 0.625. The molecule has 0 spiro atoms. The Morgan fingerprint density at radius 1 is 1.32 bits per heavy atom. The minimum atomic E-state index is 0.0975. The van der Waals surface area contributed by atoms with Crippen LogP contribution in [0.5, 0.6) is 0 Å². The monoisotopic (exact) mass is 262 g/mol. The molecule has 106 valence electrons. The van der Waals surface area contributed by atoms with Crippen molar-refractivity contribution in [1.29, 1.82) is 0 Å². The van der Waals surface area contributed by atoms with Crippen LogP contribution in [0.25, 0.3) is 0 Å². The minimum absolute atomic E-state index is 0.0975. The third-order valence-corrected chi connectivity index (χ3v) is 4.33. The average molecular weight is 262 g/mol. The summed E-state index contributed by atoms with van der Waals surface area (Å²) < 4.78 is 5.59. The molecule has 0 amide bonds. The van der Waals surface area contributed by atoms with Gasteiger partial charge in [0.1, 0.15) is 0 Å². The second-order valence-corrected chi connectivity index (χ2v) is 5.74. The smallest absolute Gasteiger partial charge is 0.0484 e. The Bertz CT molecular complexity index is 397. The number of ether oxygens (including phenoxy) is 1. The topological polar surface area (TPSA) is 38.5 Å². The van der Waals surface area contributed by atoms with Crippen LogP contribution in [-0.4, -0.2) is 37.2 Å². The lowest BCUT2D eigenvalue weighted by Gasteiger charge is -2.40. The van der Waals surface area contributed by atoms with Gasteiger partial charge in [0.15, 0.2) is 0 Å². The van der Waals surface area contributed by atoms with E-state index in [0.29, 0.717) is 6.54 Å². The maximum absolute atomic E-state index is 6.09. The van der Waals surface area contributed by atoms with Gasteiger partial charge in [-0.1, -0.05) is 29.8 Å². The lowest BCUT2D eigenvalue weighted by Crippen LogP contribution is -2.51. The summed E-state index contributed by atoms with van der Waals surface area (Å²) in [5.41, 5.74) is 8.87. The molecule has 1 heterocycles. The van der Waals surface area contributed by atoms with Gasteiger partial charge in [-0.15, -0.1) is 0 Å². The molecular weight excluding hydrogens is 236 g/mol. The summed E-state index contributed by atoms with van der Waals surface area (Å²) in [5.74, 6) is 0. The Kier molecular flexibility index (Phi) is 4.97. The first kappa shape index (κ1) is 14.5. The van der Waals surface area contributed by atoms with Crippen molar-refractivity contribution in [3.63, 3.8) is 0 Å². The van der Waals surface area contributed by atoms with E-state index in [-0.39, 0.29) is 5.54 Å². The van der Waals surface area contributed by atoms with Gasteiger partial charge < -0.3 is 10.5 Å². The molecule has 3 heteroatoms. The molecule has 0 saturated carbocycles. The van der Waals surface area contributed by atoms with E-state index < -0.39 is 0 Å². The average Bonchev–Trinajstić information content (AvgIpc) is 2.65. The number of aryl methyl sites for hydroxylation is 1. The van der Waals surface area contributed by atoms with Crippen LogP contribution in [0.3, 0.4) is 0 Å². The highest BCUT2D eigenvalue weighted by Crippen LogP contribution is 2.27. The Morgan fingerprint density at radius 3 is 2.89 bits per heavy atom. The fourth-order valence-corrected chi connectivity index (χ4v) is 2.99. The molecule has 1 saturated heterocycles. The zero-order valence-corrected chi connectivity index (χ0v) is 12.2. The van der Waals surface area contributed by atoms with Gasteiger partial charge >= 0.3 is 0 Å². The number of hydrogen-bond donors (Lipinski definition) is 1. The second kappa shape index (κ2) is 6.51. The summed E-state index contributed by atoms with van der Waals surface area (Å²) in [4.78, 5) is 2.43. The molecule has 0 aromatic heterocycles. The summed E-state index contributed by atoms with van der Waals surface area (Å²) in [6.07, 6.45) is 3.27. The third-order valence-electron chi connectivity index (χ3n) is 4.33. The van der Waals surface area contributed by atoms with E-state index in [4.69, 9.17) is 10.5 Å². The molecule has 0 bridgehead atoms. The van der Waals surface area contributed by atoms with E-state index >= 15 is 0 Å². The van der Waals surface area contributed by atoms with Crippen molar-refractivity contribution in [3.8, 4) is 0 Å². The van der Waals surface area contributed by atoms with E-state index in [1.54, 1.807) is 0 Å². The quantitative estimate of drug-likeness (QED) is 0.905. The van der Waals surface area contributed by atoms with Gasteiger partial charge in [-0.2, -0.15) is 0 Å². The van der Waals surface area contributed by atoms with Crippen molar-refractivity contribution in [2.24, 2.45) is 5.73 Å². The van der Waals surface area contributed by atoms with Crippen molar-refractivity contribution in [1.82, 2.24) is 4.90 Å². The van der Waals surface area contributed by atoms with Crippen LogP contribution < -0.4 is 5.73 Å². The van der Waals surface area contributed by atoms with Crippen molar-refractivity contribution in [2.75, 3.05) is 26.8 Å². The molecule has 1 aliphatic rings. The van der Waals surface area contributed by atoms with Gasteiger partial charge in [0.25, 0.3) is 0 Å². The summed E-state index contributed by atoms with van der Waals surface area (Å²) in [6.45, 7) is 5.51. The van der Waals surface area contributed by atoms with Crippen LogP contribution in [-0.2, 0) is 11.3 Å². The van der Waals surface area contributed by atoms with Crippen LogP contribution in [0, 0.1) is 6.92 Å². The van der Waals surface area contributed by atoms with Gasteiger partial charge in [-0.3, -0.25) is 4.90 Å². The standard InChI is InChI=1S/C16H26N2O/c1-14-5-3-6-15(11-14)12-18(2)16(13-17)7-4-9-19-10-8-16/h3,5-6,11H,4,7-10,12-13,17H2,1-2H3. The Morgan fingerprint density at radius 2 is 2.16 bits per heavy atom. The van der Waals surface area contributed by atoms with Gasteiger partial charge in [0.05, 0.1) is 0 Å². The van der Waals surface area contributed by atoms with Crippen LogP contribution in [0.2, 0.25) is 0 Å². The minimum Gasteiger partial charge on any atom is -0.381 e. The van der Waals surface area contributed by atoms with E-state index in [0.717, 1.165) is 39.0 Å². The van der Waals surface area contributed by atoms with Gasteiger partial charge in [0.2, 0.25) is 0 Å². The predicted octanol–water partition coefficient (Wildman–Crippen LogP) is 2.32. The second-order valence-electron chi connectivity index (χ2n) is 5.74. The lowest BCUT2D eigenvalue weighted by atomic mass is 9.88. The predicted molar refractivity (Wildman–Crippen MR) is 79.1 cm³/mol. The normalized spacial score (nSPS) is 24.4. The van der Waals surface area contributed by atoms with Crippen molar-refractivity contribution >= 4 is 0 Å². The highest BCUT2D eigenvalue weighted by atomic mass is 16.5. The van der Waals surface area contributed by atoms with E-state index in [1.807, 2.05) is 0 Å². The lowest BCUT2D eigenvalue weighted by molar-refractivity contribution is 0.0835. The number of rotatable bonds is 4. The summed E-state index contributed by atoms with van der Waals surface area (Å²) in [7, 11) is 2.19. The molecule has 0 aliphatic carbocycles. The van der Waals surface area contributed by atoms with Crippen molar-refractivity contribution in [2.45, 2.75) is 38.3 Å². The molecule has 1 unspecified atom stereocenters. The molecule has 3 nitrogen and oxygen atoms in total. The van der Waals surface area contributed by atoms with E-state index in [9.17, 15) is 0 Å². The van der Waals surface area contributed by atoms with Crippen molar-refractivity contribution < 1.29 is 4.74 Å². The van der Waals surface area contributed by atoms with Crippen LogP contribution >= 0.6 is 0 Å². The molecule has 2 rings (SSSR count). The molecule has 1 atom stereocenters. The van der Waals surface area contributed by atoms with Crippen LogP contribution in [0.1, 0.15) is 30.4 Å². The first-order valence-corrected chi connectivity index (χ1v) is 7.21. The summed E-state index contributed by atoms with van der Waals surface area (Å²) in [5, 5.41) is 0. The summed E-state index contributed by atoms with van der Waals surface area (Å²) in [6, 6.07) is 8.72. The van der Waals surface area contributed by atoms with E-state index in [1.165, 1.54) is 11.1 Å². The first-order chi connectivity index (χ1) is 9.16. The number of nitrogens with two attached hydrogens (primary N) is 1. The molecular formula is C16H26N2O. The van der Waals surface area contributed by atoms with E-state index in [2.05, 4.69) is 43.1 Å². The number of likely N-dealkylation sites (N-methyl/N-ethyl adjacent to an activating group) is 1.